The second-order valence-corrected chi connectivity index (χ2v) is 9.37. The van der Waals surface area contributed by atoms with E-state index in [1.165, 1.54) is 25.7 Å². The lowest BCUT2D eigenvalue weighted by atomic mass is 10.1. The number of carbonyl (C=O) groups excluding carboxylic acids is 3. The molecule has 1 aromatic carbocycles. The Labute approximate surface area is 212 Å². The fourth-order valence-corrected chi connectivity index (χ4v) is 3.84. The number of hydrogen-bond acceptors (Lipinski definition) is 4. The minimum Gasteiger partial charge on any atom is -0.445 e. The number of nitrogens with one attached hydrogen (secondary N) is 1. The standard InChI is InChI=1S/C28H47N3O4/c1-5-7-9-11-16-20-30(3)26(32)22-25(27(33)31(4)21-17-12-10-8-6-2)29-28(34)35-23-24-18-14-13-15-19-24/h13-15,18-19,25H,5-12,16-17,20-23H2,1-4H3,(H,29,34). The van der Waals surface area contributed by atoms with Crippen LogP contribution in [0.15, 0.2) is 30.3 Å². The monoisotopic (exact) mass is 489 g/mol. The van der Waals surface area contributed by atoms with E-state index >= 15 is 0 Å². The highest BCUT2D eigenvalue weighted by Gasteiger charge is 2.28. The lowest BCUT2D eigenvalue weighted by Gasteiger charge is -2.26. The average molecular weight is 490 g/mol. The quantitative estimate of drug-likeness (QED) is 0.275. The Morgan fingerprint density at radius 2 is 1.34 bits per heavy atom. The maximum absolute atomic E-state index is 13.1. The van der Waals surface area contributed by atoms with Crippen LogP contribution in [0.25, 0.3) is 0 Å². The van der Waals surface area contributed by atoms with Crippen LogP contribution in [0, 0.1) is 0 Å². The van der Waals surface area contributed by atoms with Crippen molar-refractivity contribution in [3.63, 3.8) is 0 Å². The van der Waals surface area contributed by atoms with Crippen LogP contribution in [0.2, 0.25) is 0 Å². The van der Waals surface area contributed by atoms with Crippen LogP contribution in [-0.2, 0) is 20.9 Å². The lowest BCUT2D eigenvalue weighted by molar-refractivity contribution is -0.137. The summed E-state index contributed by atoms with van der Waals surface area (Å²) in [4.78, 5) is 41.8. The maximum atomic E-state index is 13.1. The number of carbonyl (C=O) groups is 3. The molecule has 0 spiro atoms. The Morgan fingerprint density at radius 1 is 0.800 bits per heavy atom. The van der Waals surface area contributed by atoms with Crippen LogP contribution in [0.1, 0.15) is 90.0 Å². The van der Waals surface area contributed by atoms with Gasteiger partial charge in [0.1, 0.15) is 12.6 Å². The van der Waals surface area contributed by atoms with E-state index in [1.54, 1.807) is 23.9 Å². The molecule has 0 aliphatic carbocycles. The molecule has 0 aliphatic rings. The topological polar surface area (TPSA) is 79.0 Å². The predicted octanol–water partition coefficient (Wildman–Crippen LogP) is 5.53. The van der Waals surface area contributed by atoms with Crippen molar-refractivity contribution in [2.75, 3.05) is 27.2 Å². The number of likely N-dealkylation sites (N-methyl/N-ethyl adjacent to an activating group) is 1. The van der Waals surface area contributed by atoms with Crippen molar-refractivity contribution >= 4 is 17.9 Å². The third kappa shape index (κ3) is 13.8. The molecule has 0 radical (unpaired) electrons. The molecule has 0 saturated heterocycles. The first-order chi connectivity index (χ1) is 16.9. The van der Waals surface area contributed by atoms with Crippen LogP contribution in [0.3, 0.4) is 0 Å². The molecule has 1 rings (SSSR count). The summed E-state index contributed by atoms with van der Waals surface area (Å²) < 4.78 is 5.31. The largest absolute Gasteiger partial charge is 0.445 e. The highest BCUT2D eigenvalue weighted by molar-refractivity contribution is 5.90. The molecule has 0 aromatic heterocycles. The van der Waals surface area contributed by atoms with E-state index in [0.29, 0.717) is 13.1 Å². The van der Waals surface area contributed by atoms with Gasteiger partial charge in [0.25, 0.3) is 0 Å². The van der Waals surface area contributed by atoms with Gasteiger partial charge in [-0.15, -0.1) is 0 Å². The van der Waals surface area contributed by atoms with Crippen LogP contribution >= 0.6 is 0 Å². The van der Waals surface area contributed by atoms with Gasteiger partial charge in [0, 0.05) is 27.2 Å². The van der Waals surface area contributed by atoms with Crippen molar-refractivity contribution in [1.82, 2.24) is 15.1 Å². The summed E-state index contributed by atoms with van der Waals surface area (Å²) in [5.41, 5.74) is 0.855. The number of rotatable bonds is 18. The molecule has 0 fully saturated rings. The number of unbranched alkanes of at least 4 members (excludes halogenated alkanes) is 8. The minimum absolute atomic E-state index is 0.0785. The van der Waals surface area contributed by atoms with Gasteiger partial charge in [0.15, 0.2) is 0 Å². The highest BCUT2D eigenvalue weighted by Crippen LogP contribution is 2.09. The summed E-state index contributed by atoms with van der Waals surface area (Å²) in [6.07, 6.45) is 10.2. The van der Waals surface area contributed by atoms with Crippen molar-refractivity contribution in [2.24, 2.45) is 0 Å². The summed E-state index contributed by atoms with van der Waals surface area (Å²) in [7, 11) is 3.49. The number of amides is 3. The van der Waals surface area contributed by atoms with Gasteiger partial charge in [-0.1, -0.05) is 95.5 Å². The Hall–Kier alpha value is -2.57. The first kappa shape index (κ1) is 30.5. The van der Waals surface area contributed by atoms with Crippen LogP contribution < -0.4 is 5.32 Å². The second kappa shape index (κ2) is 18.7. The van der Waals surface area contributed by atoms with Gasteiger partial charge < -0.3 is 19.9 Å². The first-order valence-electron chi connectivity index (χ1n) is 13.3. The van der Waals surface area contributed by atoms with E-state index in [0.717, 1.165) is 44.1 Å². The number of alkyl carbamates (subject to hydrolysis) is 1. The zero-order valence-electron chi connectivity index (χ0n) is 22.4. The Morgan fingerprint density at radius 3 is 1.91 bits per heavy atom. The third-order valence-electron chi connectivity index (χ3n) is 6.18. The fraction of sp³-hybridized carbons (Fsp3) is 0.679. The summed E-state index contributed by atoms with van der Waals surface area (Å²) in [6, 6.07) is 8.41. The highest BCUT2D eigenvalue weighted by atomic mass is 16.5. The van der Waals surface area contributed by atoms with E-state index < -0.39 is 12.1 Å². The van der Waals surface area contributed by atoms with Gasteiger partial charge in [0.2, 0.25) is 11.8 Å². The number of nitrogens with zero attached hydrogens (tertiary/aromatic N) is 2. The fourth-order valence-electron chi connectivity index (χ4n) is 3.84. The van der Waals surface area contributed by atoms with Gasteiger partial charge in [0.05, 0.1) is 6.42 Å². The zero-order chi connectivity index (χ0) is 25.9. The molecular weight excluding hydrogens is 442 g/mol. The molecule has 35 heavy (non-hydrogen) atoms. The molecule has 1 N–H and O–H groups in total. The van der Waals surface area contributed by atoms with Crippen molar-refractivity contribution < 1.29 is 19.1 Å². The second-order valence-electron chi connectivity index (χ2n) is 9.37. The van der Waals surface area contributed by atoms with Crippen molar-refractivity contribution in [2.45, 2.75) is 97.1 Å². The Kier molecular flexibility index (Phi) is 16.3. The van der Waals surface area contributed by atoms with Gasteiger partial charge in [-0.25, -0.2) is 4.79 Å². The van der Waals surface area contributed by atoms with Gasteiger partial charge in [-0.05, 0) is 18.4 Å². The third-order valence-corrected chi connectivity index (χ3v) is 6.18. The van der Waals surface area contributed by atoms with E-state index in [-0.39, 0.29) is 24.8 Å². The first-order valence-corrected chi connectivity index (χ1v) is 13.3. The molecule has 3 amide bonds. The Balaban J connectivity index is 2.67. The molecular formula is C28H47N3O4. The summed E-state index contributed by atoms with van der Waals surface area (Å²) in [5, 5.41) is 2.65. The van der Waals surface area contributed by atoms with E-state index in [4.69, 9.17) is 4.74 Å². The molecule has 0 saturated carbocycles. The summed E-state index contributed by atoms with van der Waals surface area (Å²) in [6.45, 7) is 5.69. The molecule has 1 unspecified atom stereocenters. The molecule has 7 heteroatoms. The molecule has 7 nitrogen and oxygen atoms in total. The normalized spacial score (nSPS) is 11.5. The summed E-state index contributed by atoms with van der Waals surface area (Å²) >= 11 is 0. The van der Waals surface area contributed by atoms with Gasteiger partial charge in [-0.2, -0.15) is 0 Å². The smallest absolute Gasteiger partial charge is 0.408 e. The van der Waals surface area contributed by atoms with Crippen LogP contribution in [0.4, 0.5) is 4.79 Å². The van der Waals surface area contributed by atoms with Crippen molar-refractivity contribution in [3.8, 4) is 0 Å². The minimum atomic E-state index is -0.950. The summed E-state index contributed by atoms with van der Waals surface area (Å²) in [5.74, 6) is -0.416. The zero-order valence-corrected chi connectivity index (χ0v) is 22.4. The molecule has 198 valence electrons. The SMILES string of the molecule is CCCCCCCN(C)C(=O)CC(NC(=O)OCc1ccccc1)C(=O)N(C)CCCCCCC. The van der Waals surface area contributed by atoms with Gasteiger partial charge in [-0.3, -0.25) is 9.59 Å². The molecule has 0 heterocycles. The number of hydrogen-bond donors (Lipinski definition) is 1. The molecule has 0 aliphatic heterocycles. The number of ether oxygens (including phenoxy) is 1. The predicted molar refractivity (Wildman–Crippen MR) is 141 cm³/mol. The van der Waals surface area contributed by atoms with Crippen molar-refractivity contribution in [3.05, 3.63) is 35.9 Å². The van der Waals surface area contributed by atoms with E-state index in [1.807, 2.05) is 30.3 Å². The lowest BCUT2D eigenvalue weighted by Crippen LogP contribution is -2.50. The van der Waals surface area contributed by atoms with Gasteiger partial charge >= 0.3 is 6.09 Å². The maximum Gasteiger partial charge on any atom is 0.408 e. The molecule has 1 aromatic rings. The van der Waals surface area contributed by atoms with Crippen LogP contribution in [-0.4, -0.2) is 60.9 Å². The Bertz CT molecular complexity index is 726. The van der Waals surface area contributed by atoms with E-state index in [9.17, 15) is 14.4 Å². The molecule has 1 atom stereocenters. The van der Waals surface area contributed by atoms with Crippen LogP contribution in [0.5, 0.6) is 0 Å². The van der Waals surface area contributed by atoms with Crippen molar-refractivity contribution in [1.29, 1.82) is 0 Å². The number of benzene rings is 1. The molecule has 0 bridgehead atoms. The van der Waals surface area contributed by atoms with E-state index in [2.05, 4.69) is 19.2 Å². The average Bonchev–Trinajstić information content (AvgIpc) is 2.86.